The predicted molar refractivity (Wildman–Crippen MR) is 72.9 cm³/mol. The average Bonchev–Trinajstić information content (AvgIpc) is 2.82. The molecule has 2 rings (SSSR count). The summed E-state index contributed by atoms with van der Waals surface area (Å²) in [7, 11) is 0. The van der Waals surface area contributed by atoms with E-state index < -0.39 is 11.6 Å². The Hall–Kier alpha value is -0.260. The van der Waals surface area contributed by atoms with Gasteiger partial charge in [0.2, 0.25) is 0 Å². The highest BCUT2D eigenvalue weighted by Crippen LogP contribution is 2.32. The van der Waals surface area contributed by atoms with E-state index in [2.05, 4.69) is 5.32 Å². The minimum atomic E-state index is -0.715. The van der Waals surface area contributed by atoms with E-state index in [9.17, 15) is 9.90 Å². The smallest absolute Gasteiger partial charge is 0.306 e. The summed E-state index contributed by atoms with van der Waals surface area (Å²) in [5.41, 5.74) is -0.685. The van der Waals surface area contributed by atoms with Crippen molar-refractivity contribution in [2.75, 3.05) is 18.8 Å². The van der Waals surface area contributed by atoms with Gasteiger partial charge in [-0.05, 0) is 44.3 Å². The molecule has 5 heteroatoms. The molecule has 0 aromatic rings. The molecule has 1 aliphatic heterocycles. The lowest BCUT2D eigenvalue weighted by atomic mass is 9.79. The van der Waals surface area contributed by atoms with Crippen LogP contribution in [0.2, 0.25) is 0 Å². The van der Waals surface area contributed by atoms with E-state index in [1.54, 1.807) is 0 Å². The third kappa shape index (κ3) is 3.87. The first-order valence-corrected chi connectivity index (χ1v) is 7.91. The third-order valence-corrected chi connectivity index (χ3v) is 5.51. The SMILES string of the molecule is O=C(O)C1CCC(O)(CNCC2CCCS2)CC1. The summed E-state index contributed by atoms with van der Waals surface area (Å²) in [5.74, 6) is 0.291. The summed E-state index contributed by atoms with van der Waals surface area (Å²) >= 11 is 2.01. The van der Waals surface area contributed by atoms with Gasteiger partial charge < -0.3 is 15.5 Å². The molecule has 1 heterocycles. The highest BCUT2D eigenvalue weighted by Gasteiger charge is 2.35. The molecule has 0 bridgehead atoms. The Labute approximate surface area is 113 Å². The first-order chi connectivity index (χ1) is 8.59. The van der Waals surface area contributed by atoms with Crippen molar-refractivity contribution in [3.63, 3.8) is 0 Å². The van der Waals surface area contributed by atoms with Crippen molar-refractivity contribution in [1.82, 2.24) is 5.32 Å². The molecule has 1 saturated heterocycles. The van der Waals surface area contributed by atoms with Crippen LogP contribution >= 0.6 is 11.8 Å². The monoisotopic (exact) mass is 273 g/mol. The number of carboxylic acids is 1. The Kier molecular flexibility index (Phi) is 4.92. The second kappa shape index (κ2) is 6.26. The Bertz CT molecular complexity index is 284. The van der Waals surface area contributed by atoms with Crippen LogP contribution in [-0.2, 0) is 4.79 Å². The summed E-state index contributed by atoms with van der Waals surface area (Å²) in [5, 5.41) is 23.4. The van der Waals surface area contributed by atoms with Gasteiger partial charge in [0.05, 0.1) is 11.5 Å². The fourth-order valence-electron chi connectivity index (χ4n) is 2.85. The van der Waals surface area contributed by atoms with Crippen LogP contribution in [0.1, 0.15) is 38.5 Å². The molecular weight excluding hydrogens is 250 g/mol. The summed E-state index contributed by atoms with van der Waals surface area (Å²) in [6.45, 7) is 1.58. The average molecular weight is 273 g/mol. The number of rotatable bonds is 5. The zero-order valence-corrected chi connectivity index (χ0v) is 11.5. The molecule has 0 spiro atoms. The van der Waals surface area contributed by atoms with E-state index in [0.29, 0.717) is 37.5 Å². The van der Waals surface area contributed by atoms with Gasteiger partial charge in [-0.2, -0.15) is 11.8 Å². The molecule has 2 fully saturated rings. The van der Waals surface area contributed by atoms with Gasteiger partial charge >= 0.3 is 5.97 Å². The second-order valence-electron chi connectivity index (χ2n) is 5.60. The van der Waals surface area contributed by atoms with Crippen LogP contribution in [0, 0.1) is 5.92 Å². The number of hydrogen-bond donors (Lipinski definition) is 3. The first kappa shape index (κ1) is 14.2. The molecule has 4 nitrogen and oxygen atoms in total. The lowest BCUT2D eigenvalue weighted by molar-refractivity contribution is -0.144. The molecule has 104 valence electrons. The lowest BCUT2D eigenvalue weighted by Gasteiger charge is -2.35. The zero-order chi connectivity index (χ0) is 13.0. The van der Waals surface area contributed by atoms with E-state index in [1.165, 1.54) is 18.6 Å². The molecule has 0 radical (unpaired) electrons. The van der Waals surface area contributed by atoms with Gasteiger partial charge in [0.25, 0.3) is 0 Å². The van der Waals surface area contributed by atoms with E-state index in [0.717, 1.165) is 6.54 Å². The molecule has 3 N–H and O–H groups in total. The normalized spacial score (nSPS) is 36.7. The van der Waals surface area contributed by atoms with Gasteiger partial charge in [0.15, 0.2) is 0 Å². The number of hydrogen-bond acceptors (Lipinski definition) is 4. The first-order valence-electron chi connectivity index (χ1n) is 6.87. The van der Waals surface area contributed by atoms with Crippen molar-refractivity contribution in [3.8, 4) is 0 Å². The van der Waals surface area contributed by atoms with E-state index in [-0.39, 0.29) is 5.92 Å². The van der Waals surface area contributed by atoms with Gasteiger partial charge in [-0.25, -0.2) is 0 Å². The van der Waals surface area contributed by atoms with Gasteiger partial charge in [-0.15, -0.1) is 0 Å². The summed E-state index contributed by atoms with van der Waals surface area (Å²) in [6, 6.07) is 0. The number of aliphatic hydroxyl groups is 1. The Morgan fingerprint density at radius 1 is 1.33 bits per heavy atom. The lowest BCUT2D eigenvalue weighted by Crippen LogP contribution is -2.45. The van der Waals surface area contributed by atoms with Crippen molar-refractivity contribution in [1.29, 1.82) is 0 Å². The van der Waals surface area contributed by atoms with Crippen molar-refractivity contribution in [3.05, 3.63) is 0 Å². The van der Waals surface area contributed by atoms with Crippen molar-refractivity contribution < 1.29 is 15.0 Å². The number of nitrogens with one attached hydrogen (secondary N) is 1. The summed E-state index contributed by atoms with van der Waals surface area (Å²) in [6.07, 6.45) is 5.00. The maximum absolute atomic E-state index is 10.9. The highest BCUT2D eigenvalue weighted by molar-refractivity contribution is 8.00. The topological polar surface area (TPSA) is 69.6 Å². The van der Waals surface area contributed by atoms with Gasteiger partial charge in [0, 0.05) is 18.3 Å². The molecular formula is C13H23NO3S. The Morgan fingerprint density at radius 3 is 2.61 bits per heavy atom. The molecule has 0 aromatic heterocycles. The van der Waals surface area contributed by atoms with Crippen LogP contribution in [-0.4, -0.2) is 45.9 Å². The Balaban J connectivity index is 1.67. The summed E-state index contributed by atoms with van der Waals surface area (Å²) in [4.78, 5) is 10.9. The van der Waals surface area contributed by atoms with Crippen molar-refractivity contribution in [2.24, 2.45) is 5.92 Å². The maximum Gasteiger partial charge on any atom is 0.306 e. The summed E-state index contributed by atoms with van der Waals surface area (Å²) < 4.78 is 0. The van der Waals surface area contributed by atoms with Crippen LogP contribution in [0.3, 0.4) is 0 Å². The third-order valence-electron chi connectivity index (χ3n) is 4.12. The number of aliphatic carboxylic acids is 1. The van der Waals surface area contributed by atoms with Crippen LogP contribution in [0.5, 0.6) is 0 Å². The standard InChI is InChI=1S/C13H23NO3S/c15-12(16)10-3-5-13(17,6-4-10)9-14-8-11-2-1-7-18-11/h10-11,14,17H,1-9H2,(H,15,16). The molecule has 0 amide bonds. The molecule has 1 unspecified atom stereocenters. The largest absolute Gasteiger partial charge is 0.481 e. The Morgan fingerprint density at radius 2 is 2.06 bits per heavy atom. The highest BCUT2D eigenvalue weighted by atomic mass is 32.2. The van der Waals surface area contributed by atoms with Crippen LogP contribution in [0.15, 0.2) is 0 Å². The molecule has 18 heavy (non-hydrogen) atoms. The fraction of sp³-hybridized carbons (Fsp3) is 0.923. The maximum atomic E-state index is 10.9. The van der Waals surface area contributed by atoms with Crippen LogP contribution in [0.25, 0.3) is 0 Å². The quantitative estimate of drug-likeness (QED) is 0.708. The van der Waals surface area contributed by atoms with Crippen LogP contribution in [0.4, 0.5) is 0 Å². The number of carboxylic acid groups (broad SMARTS) is 1. The minimum Gasteiger partial charge on any atom is -0.481 e. The van der Waals surface area contributed by atoms with Crippen molar-refractivity contribution in [2.45, 2.75) is 49.4 Å². The zero-order valence-electron chi connectivity index (χ0n) is 10.7. The molecule has 1 atom stereocenters. The number of thioether (sulfide) groups is 1. The fourth-order valence-corrected chi connectivity index (χ4v) is 4.09. The second-order valence-corrected chi connectivity index (χ2v) is 7.01. The van der Waals surface area contributed by atoms with Crippen molar-refractivity contribution >= 4 is 17.7 Å². The predicted octanol–water partition coefficient (Wildman–Crippen LogP) is 1.48. The van der Waals surface area contributed by atoms with Gasteiger partial charge in [-0.1, -0.05) is 0 Å². The molecule has 1 aliphatic carbocycles. The molecule has 0 aromatic carbocycles. The van der Waals surface area contributed by atoms with E-state index >= 15 is 0 Å². The van der Waals surface area contributed by atoms with E-state index in [1.807, 2.05) is 11.8 Å². The van der Waals surface area contributed by atoms with E-state index in [4.69, 9.17) is 5.11 Å². The van der Waals surface area contributed by atoms with Crippen LogP contribution < -0.4 is 5.32 Å². The molecule has 1 saturated carbocycles. The minimum absolute atomic E-state index is 0.254. The molecule has 2 aliphatic rings. The van der Waals surface area contributed by atoms with Gasteiger partial charge in [0.1, 0.15) is 0 Å². The number of carbonyl (C=O) groups is 1. The van der Waals surface area contributed by atoms with Gasteiger partial charge in [-0.3, -0.25) is 4.79 Å².